The fourth-order valence-electron chi connectivity index (χ4n) is 1.96. The highest BCUT2D eigenvalue weighted by Gasteiger charge is 2.02. The maximum atomic E-state index is 12.8. The first-order valence-corrected chi connectivity index (χ1v) is 6.77. The van der Waals surface area contributed by atoms with Crippen molar-refractivity contribution in [2.75, 3.05) is 0 Å². The molecule has 110 valence electrons. The first kappa shape index (κ1) is 14.0. The molecule has 1 amide bonds. The number of hydrogen-bond donors (Lipinski definition) is 1. The number of aromatic nitrogens is 1. The smallest absolute Gasteiger partial charge is 0.244 e. The maximum Gasteiger partial charge on any atom is 0.244 e. The second-order valence-corrected chi connectivity index (χ2v) is 4.70. The Morgan fingerprint density at radius 2 is 1.95 bits per heavy atom. The van der Waals surface area contributed by atoms with Gasteiger partial charge < -0.3 is 9.73 Å². The molecule has 0 saturated heterocycles. The number of para-hydroxylation sites is 2. The largest absolute Gasteiger partial charge is 0.437 e. The molecule has 0 fully saturated rings. The number of nitrogens with zero attached hydrogens (tertiary/aromatic N) is 1. The van der Waals surface area contributed by atoms with E-state index in [-0.39, 0.29) is 11.7 Å². The first-order valence-electron chi connectivity index (χ1n) is 6.77. The minimum absolute atomic E-state index is 0.272. The molecule has 0 radical (unpaired) electrons. The normalized spacial score (nSPS) is 11.1. The molecule has 0 unspecified atom stereocenters. The number of hydrogen-bond acceptors (Lipinski definition) is 3. The van der Waals surface area contributed by atoms with Crippen LogP contribution in [0.3, 0.4) is 0 Å². The van der Waals surface area contributed by atoms with Crippen molar-refractivity contribution in [2.24, 2.45) is 0 Å². The summed E-state index contributed by atoms with van der Waals surface area (Å²) >= 11 is 0. The Bertz CT molecular complexity index is 789. The third-order valence-corrected chi connectivity index (χ3v) is 3.07. The number of fused-ring (bicyclic) bond motifs is 1. The lowest BCUT2D eigenvalue weighted by molar-refractivity contribution is -0.116. The summed E-state index contributed by atoms with van der Waals surface area (Å²) in [6.45, 7) is 0.330. The molecule has 0 aliphatic heterocycles. The van der Waals surface area contributed by atoms with Crippen molar-refractivity contribution in [1.29, 1.82) is 0 Å². The van der Waals surface area contributed by atoms with Crippen LogP contribution in [0.1, 0.15) is 11.5 Å². The number of halogens is 1. The SMILES string of the molecule is O=C(C=Cc1nc2ccccc2o1)NCc1ccc(F)cc1. The summed E-state index contributed by atoms with van der Waals surface area (Å²) < 4.78 is 18.2. The Labute approximate surface area is 126 Å². The number of oxazole rings is 1. The molecule has 0 atom stereocenters. The zero-order valence-electron chi connectivity index (χ0n) is 11.6. The van der Waals surface area contributed by atoms with Crippen LogP contribution in [-0.2, 0) is 11.3 Å². The van der Waals surface area contributed by atoms with Gasteiger partial charge in [-0.25, -0.2) is 9.37 Å². The van der Waals surface area contributed by atoms with Crippen LogP contribution in [0.4, 0.5) is 4.39 Å². The van der Waals surface area contributed by atoms with Crippen LogP contribution in [-0.4, -0.2) is 10.9 Å². The Morgan fingerprint density at radius 1 is 1.18 bits per heavy atom. The second-order valence-electron chi connectivity index (χ2n) is 4.70. The fourth-order valence-corrected chi connectivity index (χ4v) is 1.96. The number of carbonyl (C=O) groups excluding carboxylic acids is 1. The van der Waals surface area contributed by atoms with E-state index in [1.165, 1.54) is 24.3 Å². The number of rotatable bonds is 4. The highest BCUT2D eigenvalue weighted by atomic mass is 19.1. The molecule has 0 bridgehead atoms. The van der Waals surface area contributed by atoms with Gasteiger partial charge in [-0.2, -0.15) is 0 Å². The highest BCUT2D eigenvalue weighted by molar-refractivity contribution is 5.91. The average molecular weight is 296 g/mol. The molecule has 3 aromatic rings. The molecule has 1 aromatic heterocycles. The van der Waals surface area contributed by atoms with Crippen LogP contribution in [0.2, 0.25) is 0 Å². The van der Waals surface area contributed by atoms with Crippen LogP contribution in [0.5, 0.6) is 0 Å². The topological polar surface area (TPSA) is 55.1 Å². The molecule has 0 saturated carbocycles. The summed E-state index contributed by atoms with van der Waals surface area (Å²) in [6, 6.07) is 13.3. The van der Waals surface area contributed by atoms with Crippen molar-refractivity contribution in [3.8, 4) is 0 Å². The summed E-state index contributed by atoms with van der Waals surface area (Å²) in [4.78, 5) is 16.0. The van der Waals surface area contributed by atoms with Crippen LogP contribution in [0.25, 0.3) is 17.2 Å². The van der Waals surface area contributed by atoms with Crippen molar-refractivity contribution in [1.82, 2.24) is 10.3 Å². The standard InChI is InChI=1S/C17H13FN2O2/c18-13-7-5-12(6-8-13)11-19-16(21)9-10-17-20-14-3-1-2-4-15(14)22-17/h1-10H,11H2,(H,19,21). The molecule has 0 aliphatic rings. The van der Waals surface area contributed by atoms with E-state index in [2.05, 4.69) is 10.3 Å². The average Bonchev–Trinajstić information content (AvgIpc) is 2.95. The van der Waals surface area contributed by atoms with Gasteiger partial charge in [0.1, 0.15) is 11.3 Å². The molecule has 4 nitrogen and oxygen atoms in total. The summed E-state index contributed by atoms with van der Waals surface area (Å²) in [5.41, 5.74) is 2.24. The van der Waals surface area contributed by atoms with Crippen molar-refractivity contribution < 1.29 is 13.6 Å². The van der Waals surface area contributed by atoms with E-state index in [0.717, 1.165) is 11.1 Å². The highest BCUT2D eigenvalue weighted by Crippen LogP contribution is 2.15. The van der Waals surface area contributed by atoms with E-state index in [4.69, 9.17) is 4.42 Å². The van der Waals surface area contributed by atoms with E-state index >= 15 is 0 Å². The summed E-state index contributed by atoms with van der Waals surface area (Å²) in [7, 11) is 0. The van der Waals surface area contributed by atoms with Gasteiger partial charge in [-0.1, -0.05) is 24.3 Å². The van der Waals surface area contributed by atoms with E-state index in [1.54, 1.807) is 12.1 Å². The molecule has 0 aliphatic carbocycles. The van der Waals surface area contributed by atoms with Gasteiger partial charge in [0.05, 0.1) is 0 Å². The molecular formula is C17H13FN2O2. The van der Waals surface area contributed by atoms with E-state index in [1.807, 2.05) is 24.3 Å². The van der Waals surface area contributed by atoms with Crippen LogP contribution in [0.15, 0.2) is 59.0 Å². The molecule has 1 N–H and O–H groups in total. The number of carbonyl (C=O) groups is 1. The van der Waals surface area contributed by atoms with Gasteiger partial charge in [0.15, 0.2) is 5.58 Å². The molecule has 22 heavy (non-hydrogen) atoms. The van der Waals surface area contributed by atoms with Crippen molar-refractivity contribution in [3.63, 3.8) is 0 Å². The molecular weight excluding hydrogens is 283 g/mol. The molecule has 3 rings (SSSR count). The van der Waals surface area contributed by atoms with Crippen LogP contribution in [0, 0.1) is 5.82 Å². The molecule has 5 heteroatoms. The third kappa shape index (κ3) is 3.38. The Balaban J connectivity index is 1.59. The van der Waals surface area contributed by atoms with Crippen LogP contribution >= 0.6 is 0 Å². The second kappa shape index (κ2) is 6.22. The zero-order chi connectivity index (χ0) is 15.4. The first-order chi connectivity index (χ1) is 10.7. The summed E-state index contributed by atoms with van der Waals surface area (Å²) in [5.74, 6) is -0.198. The predicted molar refractivity (Wildman–Crippen MR) is 81.3 cm³/mol. The minimum Gasteiger partial charge on any atom is -0.437 e. The molecule has 2 aromatic carbocycles. The number of benzene rings is 2. The van der Waals surface area contributed by atoms with E-state index in [0.29, 0.717) is 18.0 Å². The van der Waals surface area contributed by atoms with Gasteiger partial charge in [0.2, 0.25) is 11.8 Å². The Hall–Kier alpha value is -2.95. The molecule has 0 spiro atoms. The van der Waals surface area contributed by atoms with Gasteiger partial charge in [-0.15, -0.1) is 0 Å². The zero-order valence-corrected chi connectivity index (χ0v) is 11.6. The van der Waals surface area contributed by atoms with Gasteiger partial charge in [-0.05, 0) is 29.8 Å². The van der Waals surface area contributed by atoms with E-state index < -0.39 is 0 Å². The molecule has 1 heterocycles. The minimum atomic E-state index is -0.300. The number of nitrogens with one attached hydrogen (secondary N) is 1. The lowest BCUT2D eigenvalue weighted by Gasteiger charge is -2.01. The van der Waals surface area contributed by atoms with Gasteiger partial charge in [-0.3, -0.25) is 4.79 Å². The Kier molecular flexibility index (Phi) is 3.96. The van der Waals surface area contributed by atoms with Crippen molar-refractivity contribution in [3.05, 3.63) is 71.9 Å². The lowest BCUT2D eigenvalue weighted by Crippen LogP contribution is -2.20. The lowest BCUT2D eigenvalue weighted by atomic mass is 10.2. The van der Waals surface area contributed by atoms with Gasteiger partial charge >= 0.3 is 0 Å². The fraction of sp³-hybridized carbons (Fsp3) is 0.0588. The summed E-state index contributed by atoms with van der Waals surface area (Å²) in [6.07, 6.45) is 2.87. The van der Waals surface area contributed by atoms with E-state index in [9.17, 15) is 9.18 Å². The van der Waals surface area contributed by atoms with Gasteiger partial charge in [0.25, 0.3) is 0 Å². The monoisotopic (exact) mass is 296 g/mol. The number of amides is 1. The maximum absolute atomic E-state index is 12.8. The van der Waals surface area contributed by atoms with Crippen molar-refractivity contribution >= 4 is 23.1 Å². The van der Waals surface area contributed by atoms with Gasteiger partial charge in [0, 0.05) is 18.7 Å². The van der Waals surface area contributed by atoms with Crippen molar-refractivity contribution in [2.45, 2.75) is 6.54 Å². The predicted octanol–water partition coefficient (Wildman–Crippen LogP) is 3.30. The quantitative estimate of drug-likeness (QED) is 0.752. The summed E-state index contributed by atoms with van der Waals surface area (Å²) in [5, 5.41) is 2.70. The Morgan fingerprint density at radius 3 is 2.73 bits per heavy atom. The third-order valence-electron chi connectivity index (χ3n) is 3.07. The van der Waals surface area contributed by atoms with Crippen LogP contribution < -0.4 is 5.32 Å².